The van der Waals surface area contributed by atoms with Gasteiger partial charge in [-0.15, -0.1) is 0 Å². The zero-order valence-corrected chi connectivity index (χ0v) is 30.5. The van der Waals surface area contributed by atoms with Crippen molar-refractivity contribution in [3.05, 3.63) is 211 Å². The first-order valence-corrected chi connectivity index (χ1v) is 18.8. The van der Waals surface area contributed by atoms with Gasteiger partial charge in [0.25, 0.3) is 0 Å². The minimum Gasteiger partial charge on any atom is -0.310 e. The van der Waals surface area contributed by atoms with Crippen LogP contribution in [0.1, 0.15) is 25.0 Å². The number of rotatable bonds is 6. The van der Waals surface area contributed by atoms with Gasteiger partial charge in [-0.1, -0.05) is 159 Å². The monoisotopic (exact) mass is 689 g/mol. The fraction of sp³-hybridized carbons (Fsp3) is 0.0566. The van der Waals surface area contributed by atoms with Crippen LogP contribution in [0.5, 0.6) is 0 Å². The van der Waals surface area contributed by atoms with E-state index in [0.29, 0.717) is 0 Å². The van der Waals surface area contributed by atoms with Crippen molar-refractivity contribution in [1.29, 1.82) is 0 Å². The molecule has 9 aromatic rings. The van der Waals surface area contributed by atoms with E-state index in [2.05, 4.69) is 219 Å². The maximum atomic E-state index is 2.42. The van der Waals surface area contributed by atoms with E-state index >= 15 is 0 Å². The SMILES string of the molecule is CC1(C)c2cc(-c3ccc(-c4ccc5ccccc5c4)cc3)ccc2-c2ccc(N(c3ccccc3)c3ccc(-c4ccc5ccccc5c4)cc3)cc21. The number of nitrogens with zero attached hydrogens (tertiary/aromatic N) is 1. The number of para-hydroxylation sites is 1. The van der Waals surface area contributed by atoms with E-state index in [0.717, 1.165) is 17.1 Å². The Morgan fingerprint density at radius 1 is 0.296 bits per heavy atom. The average Bonchev–Trinajstić information content (AvgIpc) is 3.46. The van der Waals surface area contributed by atoms with Gasteiger partial charge in [-0.05, 0) is 132 Å². The average molecular weight is 690 g/mol. The third-order valence-corrected chi connectivity index (χ3v) is 11.4. The lowest BCUT2D eigenvalue weighted by Crippen LogP contribution is -2.16. The summed E-state index contributed by atoms with van der Waals surface area (Å²) in [6.07, 6.45) is 0. The highest BCUT2D eigenvalue weighted by atomic mass is 15.1. The largest absolute Gasteiger partial charge is 0.310 e. The van der Waals surface area contributed by atoms with Crippen LogP contribution in [0.3, 0.4) is 0 Å². The Labute approximate surface area is 317 Å². The second-order valence-electron chi connectivity index (χ2n) is 15.0. The van der Waals surface area contributed by atoms with E-state index in [1.165, 1.54) is 77.2 Å². The van der Waals surface area contributed by atoms with Crippen LogP contribution >= 0.6 is 0 Å². The number of hydrogen-bond acceptors (Lipinski definition) is 1. The van der Waals surface area contributed by atoms with Crippen molar-refractivity contribution in [2.45, 2.75) is 19.3 Å². The summed E-state index contributed by atoms with van der Waals surface area (Å²) in [7, 11) is 0. The lowest BCUT2D eigenvalue weighted by atomic mass is 9.81. The first kappa shape index (κ1) is 32.0. The summed E-state index contributed by atoms with van der Waals surface area (Å²) in [6, 6.07) is 73.4. The first-order chi connectivity index (χ1) is 26.5. The Bertz CT molecular complexity index is 2830. The van der Waals surface area contributed by atoms with Crippen LogP contribution in [0.25, 0.3) is 66.1 Å². The molecule has 0 saturated heterocycles. The Morgan fingerprint density at radius 2 is 0.685 bits per heavy atom. The topological polar surface area (TPSA) is 3.24 Å². The molecule has 10 rings (SSSR count). The Morgan fingerprint density at radius 3 is 1.26 bits per heavy atom. The van der Waals surface area contributed by atoms with Crippen molar-refractivity contribution in [1.82, 2.24) is 0 Å². The van der Waals surface area contributed by atoms with E-state index < -0.39 is 0 Å². The second-order valence-corrected chi connectivity index (χ2v) is 15.0. The van der Waals surface area contributed by atoms with Crippen LogP contribution < -0.4 is 4.90 Å². The lowest BCUT2D eigenvalue weighted by molar-refractivity contribution is 0.660. The molecule has 0 heterocycles. The highest BCUT2D eigenvalue weighted by molar-refractivity contribution is 5.90. The molecule has 54 heavy (non-hydrogen) atoms. The summed E-state index contributed by atoms with van der Waals surface area (Å²) in [6.45, 7) is 4.75. The Hall–Kier alpha value is -6.70. The van der Waals surface area contributed by atoms with Crippen LogP contribution in [0.2, 0.25) is 0 Å². The molecule has 0 N–H and O–H groups in total. The molecule has 0 fully saturated rings. The molecule has 0 radical (unpaired) electrons. The van der Waals surface area contributed by atoms with Gasteiger partial charge in [0, 0.05) is 22.5 Å². The highest BCUT2D eigenvalue weighted by Gasteiger charge is 2.36. The van der Waals surface area contributed by atoms with Gasteiger partial charge in [0.1, 0.15) is 0 Å². The molecule has 1 heteroatoms. The van der Waals surface area contributed by atoms with E-state index in [1.54, 1.807) is 0 Å². The zero-order chi connectivity index (χ0) is 36.2. The Kier molecular flexibility index (Phi) is 7.56. The fourth-order valence-electron chi connectivity index (χ4n) is 8.46. The molecular formula is C53H39N. The molecule has 9 aromatic carbocycles. The van der Waals surface area contributed by atoms with Gasteiger partial charge < -0.3 is 4.90 Å². The quantitative estimate of drug-likeness (QED) is 0.168. The summed E-state index contributed by atoms with van der Waals surface area (Å²) in [4.78, 5) is 2.38. The third kappa shape index (κ3) is 5.49. The van der Waals surface area contributed by atoms with Crippen LogP contribution in [0.15, 0.2) is 200 Å². The normalized spacial score (nSPS) is 12.8. The van der Waals surface area contributed by atoms with Gasteiger partial charge in [-0.2, -0.15) is 0 Å². The smallest absolute Gasteiger partial charge is 0.0465 e. The summed E-state index contributed by atoms with van der Waals surface area (Å²) in [5, 5.41) is 5.06. The van der Waals surface area contributed by atoms with E-state index in [-0.39, 0.29) is 5.41 Å². The summed E-state index contributed by atoms with van der Waals surface area (Å²) in [5.41, 5.74) is 16.0. The molecule has 0 amide bonds. The maximum absolute atomic E-state index is 2.42. The minimum atomic E-state index is -0.163. The summed E-state index contributed by atoms with van der Waals surface area (Å²) < 4.78 is 0. The van der Waals surface area contributed by atoms with Gasteiger partial charge in [-0.3, -0.25) is 0 Å². The highest BCUT2D eigenvalue weighted by Crippen LogP contribution is 2.51. The van der Waals surface area contributed by atoms with Crippen LogP contribution in [-0.2, 0) is 5.41 Å². The molecule has 0 saturated carbocycles. The Balaban J connectivity index is 0.974. The predicted molar refractivity (Wildman–Crippen MR) is 230 cm³/mol. The van der Waals surface area contributed by atoms with Crippen LogP contribution in [0, 0.1) is 0 Å². The standard InChI is InChI=1S/C53H39N/c1-53(2)51-34-45(39-18-16-38(17-19-39)43-22-20-36-10-6-8-12-41(36)32-43)26-30-49(51)50-31-29-48(35-52(50)53)54(46-14-4-3-5-15-46)47-27-24-40(25-28-47)44-23-21-37-11-7-9-13-42(37)33-44/h3-35H,1-2H3. The van der Waals surface area contributed by atoms with E-state index in [9.17, 15) is 0 Å². The van der Waals surface area contributed by atoms with Crippen molar-refractivity contribution in [2.75, 3.05) is 4.90 Å². The van der Waals surface area contributed by atoms with Crippen molar-refractivity contribution < 1.29 is 0 Å². The zero-order valence-electron chi connectivity index (χ0n) is 30.5. The second kappa shape index (κ2) is 12.8. The molecule has 256 valence electrons. The minimum absolute atomic E-state index is 0.163. The van der Waals surface area contributed by atoms with Crippen LogP contribution in [0.4, 0.5) is 17.1 Å². The number of anilines is 3. The van der Waals surface area contributed by atoms with Crippen molar-refractivity contribution in [2.24, 2.45) is 0 Å². The van der Waals surface area contributed by atoms with Gasteiger partial charge >= 0.3 is 0 Å². The van der Waals surface area contributed by atoms with Gasteiger partial charge in [0.05, 0.1) is 0 Å². The van der Waals surface area contributed by atoms with E-state index in [1.807, 2.05) is 0 Å². The number of hydrogen-bond donors (Lipinski definition) is 0. The number of benzene rings is 9. The summed E-state index contributed by atoms with van der Waals surface area (Å²) >= 11 is 0. The predicted octanol–water partition coefficient (Wildman–Crippen LogP) is 14.8. The molecule has 0 aliphatic heterocycles. The fourth-order valence-corrected chi connectivity index (χ4v) is 8.46. The van der Waals surface area contributed by atoms with E-state index in [4.69, 9.17) is 0 Å². The van der Waals surface area contributed by atoms with Crippen molar-refractivity contribution >= 4 is 38.6 Å². The molecule has 0 aromatic heterocycles. The molecule has 1 aliphatic rings. The molecule has 0 spiro atoms. The third-order valence-electron chi connectivity index (χ3n) is 11.4. The van der Waals surface area contributed by atoms with Crippen molar-refractivity contribution in [3.8, 4) is 44.5 Å². The van der Waals surface area contributed by atoms with Crippen molar-refractivity contribution in [3.63, 3.8) is 0 Å². The molecule has 0 atom stereocenters. The molecule has 0 unspecified atom stereocenters. The van der Waals surface area contributed by atoms with Crippen LogP contribution in [-0.4, -0.2) is 0 Å². The molecule has 1 aliphatic carbocycles. The number of fused-ring (bicyclic) bond motifs is 5. The lowest BCUT2D eigenvalue weighted by Gasteiger charge is -2.28. The molecule has 0 bridgehead atoms. The van der Waals surface area contributed by atoms with Gasteiger partial charge in [-0.25, -0.2) is 0 Å². The molecular weight excluding hydrogens is 651 g/mol. The van der Waals surface area contributed by atoms with Gasteiger partial charge in [0.2, 0.25) is 0 Å². The molecule has 1 nitrogen and oxygen atoms in total. The van der Waals surface area contributed by atoms with Gasteiger partial charge in [0.15, 0.2) is 0 Å². The summed E-state index contributed by atoms with van der Waals surface area (Å²) in [5.74, 6) is 0. The first-order valence-electron chi connectivity index (χ1n) is 18.8. The maximum Gasteiger partial charge on any atom is 0.0465 e.